The van der Waals surface area contributed by atoms with Gasteiger partial charge in [-0.1, -0.05) is 20.8 Å². The van der Waals surface area contributed by atoms with Crippen molar-refractivity contribution >= 4 is 5.91 Å². The fourth-order valence-corrected chi connectivity index (χ4v) is 1.24. The molecule has 0 spiro atoms. The van der Waals surface area contributed by atoms with Gasteiger partial charge in [0.1, 0.15) is 0 Å². The molecule has 1 atom stereocenters. The third-order valence-corrected chi connectivity index (χ3v) is 2.79. The molecule has 0 radical (unpaired) electrons. The lowest BCUT2D eigenvalue weighted by Gasteiger charge is -2.34. The smallest absolute Gasteiger partial charge is 0.276 e. The van der Waals surface area contributed by atoms with E-state index in [0.29, 0.717) is 5.69 Å². The van der Waals surface area contributed by atoms with Crippen molar-refractivity contribution in [2.75, 3.05) is 7.05 Å². The zero-order valence-corrected chi connectivity index (χ0v) is 9.90. The van der Waals surface area contributed by atoms with E-state index in [1.165, 1.54) is 6.20 Å². The normalized spacial score (nSPS) is 13.7. The van der Waals surface area contributed by atoms with E-state index in [1.807, 2.05) is 6.92 Å². The number of rotatable bonds is 2. The molecule has 0 aliphatic carbocycles. The Kier molecular flexibility index (Phi) is 3.12. The molecule has 0 aliphatic heterocycles. The number of aromatic amines is 1. The van der Waals surface area contributed by atoms with E-state index in [-0.39, 0.29) is 17.4 Å². The number of H-pyrrole nitrogens is 1. The highest BCUT2D eigenvalue weighted by atomic mass is 16.2. The molecule has 15 heavy (non-hydrogen) atoms. The van der Waals surface area contributed by atoms with Crippen LogP contribution in [-0.2, 0) is 0 Å². The summed E-state index contributed by atoms with van der Waals surface area (Å²) in [5, 5.41) is 9.83. The molecule has 1 N–H and O–H groups in total. The van der Waals surface area contributed by atoms with Crippen LogP contribution in [0.4, 0.5) is 0 Å². The van der Waals surface area contributed by atoms with Crippen molar-refractivity contribution in [3.05, 3.63) is 11.9 Å². The SMILES string of the molecule is CC(N(C)C(=O)c1cn[nH]n1)C(C)(C)C. The molecule has 1 rings (SSSR count). The van der Waals surface area contributed by atoms with Crippen LogP contribution in [0, 0.1) is 5.41 Å². The monoisotopic (exact) mass is 210 g/mol. The Balaban J connectivity index is 2.78. The Labute approximate surface area is 89.9 Å². The van der Waals surface area contributed by atoms with E-state index >= 15 is 0 Å². The highest BCUT2D eigenvalue weighted by Crippen LogP contribution is 2.23. The van der Waals surface area contributed by atoms with Crippen LogP contribution in [0.5, 0.6) is 0 Å². The predicted octanol–water partition coefficient (Wildman–Crippen LogP) is 1.31. The van der Waals surface area contributed by atoms with Crippen LogP contribution >= 0.6 is 0 Å². The predicted molar refractivity (Wildman–Crippen MR) is 57.4 cm³/mol. The van der Waals surface area contributed by atoms with Crippen molar-refractivity contribution in [2.24, 2.45) is 5.41 Å². The molecule has 1 heterocycles. The molecule has 0 fully saturated rings. The van der Waals surface area contributed by atoms with Crippen molar-refractivity contribution in [2.45, 2.75) is 33.7 Å². The Morgan fingerprint density at radius 2 is 2.13 bits per heavy atom. The van der Waals surface area contributed by atoms with Gasteiger partial charge in [-0.3, -0.25) is 4.79 Å². The fourth-order valence-electron chi connectivity index (χ4n) is 1.24. The number of aromatic nitrogens is 3. The Morgan fingerprint density at radius 3 is 2.53 bits per heavy atom. The largest absolute Gasteiger partial charge is 0.337 e. The van der Waals surface area contributed by atoms with Crippen LogP contribution in [0.1, 0.15) is 38.2 Å². The molecule has 0 aromatic carbocycles. The number of amides is 1. The van der Waals surface area contributed by atoms with Gasteiger partial charge in [0.15, 0.2) is 5.69 Å². The van der Waals surface area contributed by atoms with Gasteiger partial charge in [0.25, 0.3) is 5.91 Å². The minimum Gasteiger partial charge on any atom is -0.337 e. The van der Waals surface area contributed by atoms with E-state index in [2.05, 4.69) is 36.2 Å². The van der Waals surface area contributed by atoms with Gasteiger partial charge in [-0.15, -0.1) is 0 Å². The maximum Gasteiger partial charge on any atom is 0.276 e. The van der Waals surface area contributed by atoms with Gasteiger partial charge in [-0.25, -0.2) is 0 Å². The number of nitrogens with one attached hydrogen (secondary N) is 1. The standard InChI is InChI=1S/C10H18N4O/c1-7(10(2,3)4)14(5)9(15)8-6-11-13-12-8/h6-7H,1-5H3,(H,11,12,13). The summed E-state index contributed by atoms with van der Waals surface area (Å²) < 4.78 is 0. The second-order valence-corrected chi connectivity index (χ2v) is 4.81. The first-order valence-electron chi connectivity index (χ1n) is 4.97. The highest BCUT2D eigenvalue weighted by Gasteiger charge is 2.28. The molecule has 0 aliphatic rings. The van der Waals surface area contributed by atoms with Crippen LogP contribution in [0.25, 0.3) is 0 Å². The van der Waals surface area contributed by atoms with Gasteiger partial charge >= 0.3 is 0 Å². The number of hydrogen-bond donors (Lipinski definition) is 1. The van der Waals surface area contributed by atoms with Crippen LogP contribution in [0.3, 0.4) is 0 Å². The second-order valence-electron chi connectivity index (χ2n) is 4.81. The number of carbonyl (C=O) groups excluding carboxylic acids is 1. The van der Waals surface area contributed by atoms with Gasteiger partial charge < -0.3 is 4.90 Å². The molecule has 1 aromatic heterocycles. The maximum atomic E-state index is 11.9. The van der Waals surface area contributed by atoms with Gasteiger partial charge in [0, 0.05) is 13.1 Å². The summed E-state index contributed by atoms with van der Waals surface area (Å²) in [5.41, 5.74) is 0.405. The summed E-state index contributed by atoms with van der Waals surface area (Å²) in [6, 6.07) is 0.140. The third-order valence-electron chi connectivity index (χ3n) is 2.79. The van der Waals surface area contributed by atoms with Gasteiger partial charge in [-0.2, -0.15) is 15.4 Å². The topological polar surface area (TPSA) is 61.9 Å². The Hall–Kier alpha value is -1.39. The second kappa shape index (κ2) is 4.00. The summed E-state index contributed by atoms with van der Waals surface area (Å²) in [6.45, 7) is 8.33. The number of hydrogen-bond acceptors (Lipinski definition) is 3. The molecule has 0 saturated heterocycles. The van der Waals surface area contributed by atoms with Crippen LogP contribution in [0.2, 0.25) is 0 Å². The van der Waals surface area contributed by atoms with Crippen molar-refractivity contribution in [1.82, 2.24) is 20.3 Å². The minimum atomic E-state index is -0.105. The molecule has 1 amide bonds. The zero-order chi connectivity index (χ0) is 11.6. The molecule has 5 heteroatoms. The first-order valence-corrected chi connectivity index (χ1v) is 4.97. The Bertz CT molecular complexity index is 326. The van der Waals surface area contributed by atoms with Crippen molar-refractivity contribution < 1.29 is 4.79 Å². The van der Waals surface area contributed by atoms with Gasteiger partial charge in [-0.05, 0) is 12.3 Å². The minimum absolute atomic E-state index is 0.0497. The third kappa shape index (κ3) is 2.55. The molecule has 0 saturated carbocycles. The van der Waals surface area contributed by atoms with E-state index in [0.717, 1.165) is 0 Å². The lowest BCUT2D eigenvalue weighted by Crippen LogP contribution is -2.43. The molecule has 1 aromatic rings. The lowest BCUT2D eigenvalue weighted by atomic mass is 9.87. The van der Waals surface area contributed by atoms with Crippen molar-refractivity contribution in [1.29, 1.82) is 0 Å². The summed E-state index contributed by atoms with van der Waals surface area (Å²) >= 11 is 0. The number of carbonyl (C=O) groups is 1. The van der Waals surface area contributed by atoms with Crippen molar-refractivity contribution in [3.63, 3.8) is 0 Å². The molecule has 0 bridgehead atoms. The average Bonchev–Trinajstić information content (AvgIpc) is 2.65. The Morgan fingerprint density at radius 1 is 1.53 bits per heavy atom. The van der Waals surface area contributed by atoms with Crippen molar-refractivity contribution in [3.8, 4) is 0 Å². The zero-order valence-electron chi connectivity index (χ0n) is 9.90. The summed E-state index contributed by atoms with van der Waals surface area (Å²) in [6.07, 6.45) is 1.44. The average molecular weight is 210 g/mol. The fraction of sp³-hybridized carbons (Fsp3) is 0.700. The van der Waals surface area contributed by atoms with E-state index in [9.17, 15) is 4.79 Å². The lowest BCUT2D eigenvalue weighted by molar-refractivity contribution is 0.0623. The molecule has 1 unspecified atom stereocenters. The highest BCUT2D eigenvalue weighted by molar-refractivity contribution is 5.91. The van der Waals surface area contributed by atoms with Crippen LogP contribution in [0.15, 0.2) is 6.20 Å². The van der Waals surface area contributed by atoms with E-state index < -0.39 is 0 Å². The van der Waals surface area contributed by atoms with Crippen LogP contribution < -0.4 is 0 Å². The first kappa shape index (κ1) is 11.7. The van der Waals surface area contributed by atoms with Gasteiger partial charge in [0.05, 0.1) is 6.20 Å². The summed E-state index contributed by atoms with van der Waals surface area (Å²) in [7, 11) is 1.78. The summed E-state index contributed by atoms with van der Waals surface area (Å²) in [4.78, 5) is 13.6. The van der Waals surface area contributed by atoms with E-state index in [4.69, 9.17) is 0 Å². The van der Waals surface area contributed by atoms with Crippen LogP contribution in [-0.4, -0.2) is 39.3 Å². The van der Waals surface area contributed by atoms with Gasteiger partial charge in [0.2, 0.25) is 0 Å². The molecular weight excluding hydrogens is 192 g/mol. The van der Waals surface area contributed by atoms with E-state index in [1.54, 1.807) is 11.9 Å². The first-order chi connectivity index (χ1) is 6.84. The molecule has 5 nitrogen and oxygen atoms in total. The molecular formula is C10H18N4O. The maximum absolute atomic E-state index is 11.9. The molecule has 84 valence electrons. The number of nitrogens with zero attached hydrogens (tertiary/aromatic N) is 3. The summed E-state index contributed by atoms with van der Waals surface area (Å²) in [5.74, 6) is -0.105. The quantitative estimate of drug-likeness (QED) is 0.800.